The highest BCUT2D eigenvalue weighted by Crippen LogP contribution is 2.45. The van der Waals surface area contributed by atoms with Crippen molar-refractivity contribution in [1.29, 1.82) is 0 Å². The topological polar surface area (TPSA) is 61.7 Å². The van der Waals surface area contributed by atoms with E-state index in [4.69, 9.17) is 19.4 Å². The lowest BCUT2D eigenvalue weighted by molar-refractivity contribution is 0.671. The number of para-hydroxylation sites is 5. The van der Waals surface area contributed by atoms with E-state index in [9.17, 15) is 0 Å². The van der Waals surface area contributed by atoms with Gasteiger partial charge in [-0.25, -0.2) is 15.0 Å². The van der Waals surface area contributed by atoms with Gasteiger partial charge in [-0.05, 0) is 70.8 Å². The number of furan rings is 1. The normalized spacial score (nSPS) is 11.8. The van der Waals surface area contributed by atoms with E-state index in [1.54, 1.807) is 0 Å². The Hall–Kier alpha value is -9.39. The molecule has 0 unspecified atom stereocenters. The molecule has 0 radical (unpaired) electrons. The van der Waals surface area contributed by atoms with Gasteiger partial charge in [0.05, 0.1) is 33.3 Å². The minimum absolute atomic E-state index is 0.539. The van der Waals surface area contributed by atoms with Crippen molar-refractivity contribution in [2.24, 2.45) is 0 Å². The van der Waals surface area contributed by atoms with Crippen molar-refractivity contribution in [3.05, 3.63) is 237 Å². The molecule has 322 valence electrons. The van der Waals surface area contributed by atoms with Crippen molar-refractivity contribution in [2.75, 3.05) is 0 Å². The molecule has 0 saturated carbocycles. The number of hydrogen-bond donors (Lipinski definition) is 0. The highest BCUT2D eigenvalue weighted by atomic mass is 16.3. The summed E-state index contributed by atoms with van der Waals surface area (Å²) in [6.45, 7) is 0. The fourth-order valence-electron chi connectivity index (χ4n) is 10.4. The standard InChI is InChI=1S/C63H39N5O/c1-4-17-40(18-5-1)44-21-14-22-45(39-44)41-33-35-43(36-34-41)62-64-61(42-19-6-2-7-20-42)65-63(66-62)53-29-15-28-51-52-38-37-50-49-27-16-32-56(68-54-30-12-10-25-47(54)48-26-11-13-31-55(48)68)57(49)67(46-23-8-3-9-24-46)58(50)60(52)69-59(51)53/h1-39H. The lowest BCUT2D eigenvalue weighted by Crippen LogP contribution is -2.00. The predicted molar refractivity (Wildman–Crippen MR) is 283 cm³/mol. The van der Waals surface area contributed by atoms with E-state index in [0.29, 0.717) is 17.5 Å². The highest BCUT2D eigenvalue weighted by molar-refractivity contribution is 6.24. The Morgan fingerprint density at radius 2 is 0.754 bits per heavy atom. The molecule has 10 aromatic carbocycles. The summed E-state index contributed by atoms with van der Waals surface area (Å²) in [7, 11) is 0. The van der Waals surface area contributed by atoms with Crippen molar-refractivity contribution in [1.82, 2.24) is 24.1 Å². The second-order valence-electron chi connectivity index (χ2n) is 17.5. The molecule has 6 nitrogen and oxygen atoms in total. The van der Waals surface area contributed by atoms with Gasteiger partial charge in [0.15, 0.2) is 23.1 Å². The Morgan fingerprint density at radius 3 is 1.45 bits per heavy atom. The molecular formula is C63H39N5O. The van der Waals surface area contributed by atoms with Crippen LogP contribution in [0.15, 0.2) is 241 Å². The van der Waals surface area contributed by atoms with Crippen LogP contribution in [0.25, 0.3) is 133 Å². The maximum absolute atomic E-state index is 7.28. The van der Waals surface area contributed by atoms with Crippen LogP contribution in [0.2, 0.25) is 0 Å². The second kappa shape index (κ2) is 15.6. The Balaban J connectivity index is 0.971. The fourth-order valence-corrected chi connectivity index (χ4v) is 10.4. The summed E-state index contributed by atoms with van der Waals surface area (Å²) in [5.74, 6) is 1.71. The van der Waals surface area contributed by atoms with Crippen molar-refractivity contribution in [3.63, 3.8) is 0 Å². The van der Waals surface area contributed by atoms with Crippen LogP contribution in [0.1, 0.15) is 0 Å². The molecule has 0 amide bonds. The van der Waals surface area contributed by atoms with Gasteiger partial charge in [-0.15, -0.1) is 0 Å². The first kappa shape index (κ1) is 38.8. The number of nitrogens with zero attached hydrogens (tertiary/aromatic N) is 5. The molecule has 4 aromatic heterocycles. The number of aromatic nitrogens is 5. The fraction of sp³-hybridized carbons (Fsp3) is 0. The van der Waals surface area contributed by atoms with Crippen molar-refractivity contribution in [3.8, 4) is 67.8 Å². The van der Waals surface area contributed by atoms with Crippen LogP contribution < -0.4 is 0 Å². The van der Waals surface area contributed by atoms with E-state index in [-0.39, 0.29) is 0 Å². The first-order chi connectivity index (χ1) is 34.2. The predicted octanol–water partition coefficient (Wildman–Crippen LogP) is 16.3. The smallest absolute Gasteiger partial charge is 0.167 e. The van der Waals surface area contributed by atoms with Gasteiger partial charge in [-0.2, -0.15) is 0 Å². The van der Waals surface area contributed by atoms with Crippen LogP contribution in [-0.2, 0) is 0 Å². The Bertz CT molecular complexity index is 4230. The maximum atomic E-state index is 7.28. The summed E-state index contributed by atoms with van der Waals surface area (Å²) >= 11 is 0. The summed E-state index contributed by atoms with van der Waals surface area (Å²) in [6, 6.07) is 83.2. The SMILES string of the molecule is c1ccc(-c2cccc(-c3ccc(-c4nc(-c5ccccc5)nc(-c5cccc6c5oc5c6ccc6c7cccc(-n8c9ccccc9c9ccccc98)c7n(-c7ccccc7)c65)n4)cc3)c2)cc1. The summed E-state index contributed by atoms with van der Waals surface area (Å²) in [5.41, 5.74) is 15.3. The molecule has 0 saturated heterocycles. The third-order valence-electron chi connectivity index (χ3n) is 13.6. The van der Waals surface area contributed by atoms with E-state index >= 15 is 0 Å². The van der Waals surface area contributed by atoms with Gasteiger partial charge >= 0.3 is 0 Å². The maximum Gasteiger partial charge on any atom is 0.167 e. The summed E-state index contributed by atoms with van der Waals surface area (Å²) in [4.78, 5) is 15.5. The lowest BCUT2D eigenvalue weighted by atomic mass is 9.98. The lowest BCUT2D eigenvalue weighted by Gasteiger charge is -2.14. The molecule has 0 aliphatic rings. The van der Waals surface area contributed by atoms with Gasteiger partial charge in [0, 0.05) is 49.1 Å². The average molecular weight is 882 g/mol. The van der Waals surface area contributed by atoms with Gasteiger partial charge in [0.25, 0.3) is 0 Å². The molecule has 69 heavy (non-hydrogen) atoms. The van der Waals surface area contributed by atoms with E-state index < -0.39 is 0 Å². The van der Waals surface area contributed by atoms with E-state index in [2.05, 4.69) is 209 Å². The van der Waals surface area contributed by atoms with Crippen LogP contribution in [0.4, 0.5) is 0 Å². The molecule has 0 atom stereocenters. The quantitative estimate of drug-likeness (QED) is 0.160. The minimum Gasteiger partial charge on any atom is -0.453 e. The van der Waals surface area contributed by atoms with Crippen LogP contribution in [0, 0.1) is 0 Å². The summed E-state index contributed by atoms with van der Waals surface area (Å²) in [6.07, 6.45) is 0. The van der Waals surface area contributed by atoms with Gasteiger partial charge in [0.2, 0.25) is 0 Å². The van der Waals surface area contributed by atoms with Crippen molar-refractivity contribution < 1.29 is 4.42 Å². The van der Waals surface area contributed by atoms with Crippen LogP contribution >= 0.6 is 0 Å². The number of rotatable bonds is 7. The average Bonchev–Trinajstić information content (AvgIpc) is 4.10. The van der Waals surface area contributed by atoms with Gasteiger partial charge < -0.3 is 13.6 Å². The Morgan fingerprint density at radius 1 is 0.290 bits per heavy atom. The molecule has 4 heterocycles. The van der Waals surface area contributed by atoms with Crippen LogP contribution in [0.3, 0.4) is 0 Å². The van der Waals surface area contributed by atoms with Crippen molar-refractivity contribution in [2.45, 2.75) is 0 Å². The van der Waals surface area contributed by atoms with Gasteiger partial charge in [-0.1, -0.05) is 188 Å². The van der Waals surface area contributed by atoms with Crippen molar-refractivity contribution >= 4 is 65.6 Å². The van der Waals surface area contributed by atoms with E-state index in [1.165, 1.54) is 21.9 Å². The van der Waals surface area contributed by atoms with Gasteiger partial charge in [0.1, 0.15) is 5.58 Å². The highest BCUT2D eigenvalue weighted by Gasteiger charge is 2.25. The van der Waals surface area contributed by atoms with E-state index in [1.807, 2.05) is 36.4 Å². The monoisotopic (exact) mass is 881 g/mol. The first-order valence-corrected chi connectivity index (χ1v) is 23.3. The molecule has 0 spiro atoms. The summed E-state index contributed by atoms with van der Waals surface area (Å²) < 4.78 is 12.1. The van der Waals surface area contributed by atoms with E-state index in [0.717, 1.165) is 94.0 Å². The zero-order chi connectivity index (χ0) is 45.4. The molecule has 0 fully saturated rings. The number of benzene rings is 10. The third-order valence-corrected chi connectivity index (χ3v) is 13.6. The zero-order valence-corrected chi connectivity index (χ0v) is 37.2. The molecule has 14 aromatic rings. The zero-order valence-electron chi connectivity index (χ0n) is 37.2. The van der Waals surface area contributed by atoms with Gasteiger partial charge in [-0.3, -0.25) is 0 Å². The number of hydrogen-bond acceptors (Lipinski definition) is 4. The molecule has 0 N–H and O–H groups in total. The molecule has 0 aliphatic carbocycles. The third kappa shape index (κ3) is 6.23. The molecule has 0 aliphatic heterocycles. The molecular weight excluding hydrogens is 843 g/mol. The van der Waals surface area contributed by atoms with Crippen LogP contribution in [-0.4, -0.2) is 24.1 Å². The molecule has 14 rings (SSSR count). The first-order valence-electron chi connectivity index (χ1n) is 23.3. The minimum atomic E-state index is 0.539. The molecule has 0 bridgehead atoms. The Kier molecular flexibility index (Phi) is 8.79. The molecule has 6 heteroatoms. The Labute approximate surface area is 396 Å². The summed E-state index contributed by atoms with van der Waals surface area (Å²) in [5, 5.41) is 6.69. The number of fused-ring (bicyclic) bond motifs is 10. The second-order valence-corrected chi connectivity index (χ2v) is 17.5. The van der Waals surface area contributed by atoms with Crippen LogP contribution in [0.5, 0.6) is 0 Å². The largest absolute Gasteiger partial charge is 0.453 e.